The normalized spacial score (nSPS) is 21.6. The van der Waals surface area contributed by atoms with Crippen molar-refractivity contribution in [2.75, 3.05) is 40.4 Å². The lowest BCUT2D eigenvalue weighted by Gasteiger charge is -2.44. The molecule has 2 fully saturated rings. The number of hydrogen-bond donors (Lipinski definition) is 1. The van der Waals surface area contributed by atoms with Crippen molar-refractivity contribution in [1.82, 2.24) is 10.2 Å². The van der Waals surface area contributed by atoms with Crippen molar-refractivity contribution in [3.63, 3.8) is 0 Å². The Morgan fingerprint density at radius 3 is 2.19 bits per heavy atom. The van der Waals surface area contributed by atoms with Crippen LogP contribution in [0.3, 0.4) is 0 Å². The van der Waals surface area contributed by atoms with Gasteiger partial charge < -0.3 is 14.8 Å². The average molecular weight is 290 g/mol. The topological polar surface area (TPSA) is 33.7 Å². The molecule has 1 saturated heterocycles. The number of nitrogens with zero attached hydrogens (tertiary/aromatic N) is 1. The van der Waals surface area contributed by atoms with Crippen molar-refractivity contribution in [2.45, 2.75) is 25.3 Å². The molecule has 116 valence electrons. The molecule has 4 heteroatoms. The zero-order chi connectivity index (χ0) is 14.7. The molecule has 0 aromatic heterocycles. The minimum Gasteiger partial charge on any atom is -0.496 e. The fraction of sp³-hybridized carbons (Fsp3) is 0.647. The van der Waals surface area contributed by atoms with E-state index in [0.29, 0.717) is 6.04 Å². The molecule has 3 rings (SSSR count). The van der Waals surface area contributed by atoms with E-state index < -0.39 is 0 Å². The van der Waals surface area contributed by atoms with Gasteiger partial charge in [-0.15, -0.1) is 0 Å². The lowest BCUT2D eigenvalue weighted by Crippen LogP contribution is -2.48. The number of hydrogen-bond acceptors (Lipinski definition) is 4. The quantitative estimate of drug-likeness (QED) is 0.903. The molecule has 1 heterocycles. The number of methoxy groups -OCH3 is 2. The molecular formula is C17H26N2O2. The van der Waals surface area contributed by atoms with Crippen molar-refractivity contribution in [2.24, 2.45) is 5.92 Å². The molecule has 0 bridgehead atoms. The summed E-state index contributed by atoms with van der Waals surface area (Å²) in [7, 11) is 3.52. The maximum absolute atomic E-state index is 5.66. The summed E-state index contributed by atoms with van der Waals surface area (Å²) in [6, 6.07) is 6.56. The predicted octanol–water partition coefficient (Wildman–Crippen LogP) is 2.45. The Labute approximate surface area is 127 Å². The molecule has 0 amide bonds. The highest BCUT2D eigenvalue weighted by atomic mass is 16.5. The van der Waals surface area contributed by atoms with E-state index in [1.807, 2.05) is 6.07 Å². The molecule has 1 N–H and O–H groups in total. The van der Waals surface area contributed by atoms with Gasteiger partial charge in [0.25, 0.3) is 0 Å². The van der Waals surface area contributed by atoms with Crippen LogP contribution in [0.5, 0.6) is 11.5 Å². The van der Waals surface area contributed by atoms with Gasteiger partial charge in [-0.25, -0.2) is 0 Å². The van der Waals surface area contributed by atoms with Crippen LogP contribution in [-0.2, 0) is 0 Å². The monoisotopic (exact) mass is 290 g/mol. The average Bonchev–Trinajstić information content (AvgIpc) is 2.50. The van der Waals surface area contributed by atoms with E-state index in [9.17, 15) is 0 Å². The molecule has 1 aromatic carbocycles. The molecule has 2 aliphatic rings. The molecular weight excluding hydrogens is 264 g/mol. The molecule has 1 aliphatic heterocycles. The van der Waals surface area contributed by atoms with Gasteiger partial charge in [-0.3, -0.25) is 4.90 Å². The fourth-order valence-electron chi connectivity index (χ4n) is 3.60. The highest BCUT2D eigenvalue weighted by molar-refractivity contribution is 5.47. The summed E-state index contributed by atoms with van der Waals surface area (Å²) in [6.07, 6.45) is 3.98. The van der Waals surface area contributed by atoms with Crippen molar-refractivity contribution < 1.29 is 9.47 Å². The van der Waals surface area contributed by atoms with Crippen molar-refractivity contribution >= 4 is 0 Å². The summed E-state index contributed by atoms with van der Waals surface area (Å²) in [5.74, 6) is 2.66. The maximum atomic E-state index is 5.66. The fourth-order valence-corrected chi connectivity index (χ4v) is 3.60. The van der Waals surface area contributed by atoms with Gasteiger partial charge in [0.1, 0.15) is 11.5 Å². The first-order chi connectivity index (χ1) is 10.3. The Balaban J connectivity index is 1.98. The first-order valence-corrected chi connectivity index (χ1v) is 8.01. The zero-order valence-corrected chi connectivity index (χ0v) is 13.1. The number of rotatable bonds is 5. The highest BCUT2D eigenvalue weighted by Crippen LogP contribution is 2.47. The molecule has 1 atom stereocenters. The van der Waals surface area contributed by atoms with E-state index in [-0.39, 0.29) is 0 Å². The Hall–Kier alpha value is -1.26. The van der Waals surface area contributed by atoms with Crippen LogP contribution in [-0.4, -0.2) is 45.3 Å². The van der Waals surface area contributed by atoms with Crippen molar-refractivity contribution in [3.05, 3.63) is 23.8 Å². The second kappa shape index (κ2) is 6.67. The lowest BCUT2D eigenvalue weighted by molar-refractivity contribution is 0.0799. The number of ether oxygens (including phenoxy) is 2. The van der Waals surface area contributed by atoms with Crippen LogP contribution in [0.15, 0.2) is 18.2 Å². The minimum atomic E-state index is 0.423. The van der Waals surface area contributed by atoms with Gasteiger partial charge in [0, 0.05) is 32.2 Å². The predicted molar refractivity (Wildman–Crippen MR) is 84.1 cm³/mol. The van der Waals surface area contributed by atoms with Gasteiger partial charge in [0.2, 0.25) is 0 Å². The standard InChI is InChI=1S/C17H26N2O2/c1-20-14-7-4-8-15(21-2)16(14)17(13-5-3-6-13)19-11-9-18-10-12-19/h4,7-8,13,17-18H,3,5-6,9-12H2,1-2H3/t17-/m1/s1. The third-order valence-corrected chi connectivity index (χ3v) is 4.90. The second-order valence-electron chi connectivity index (χ2n) is 6.00. The van der Waals surface area contributed by atoms with E-state index in [2.05, 4.69) is 22.3 Å². The van der Waals surface area contributed by atoms with Gasteiger partial charge in [-0.1, -0.05) is 12.5 Å². The zero-order valence-electron chi connectivity index (χ0n) is 13.1. The molecule has 4 nitrogen and oxygen atoms in total. The Morgan fingerprint density at radius 2 is 1.71 bits per heavy atom. The molecule has 0 unspecified atom stereocenters. The van der Waals surface area contributed by atoms with Crippen LogP contribution in [0, 0.1) is 5.92 Å². The minimum absolute atomic E-state index is 0.423. The van der Waals surface area contributed by atoms with E-state index in [0.717, 1.165) is 43.6 Å². The van der Waals surface area contributed by atoms with Crippen LogP contribution in [0.4, 0.5) is 0 Å². The van der Waals surface area contributed by atoms with E-state index in [4.69, 9.17) is 9.47 Å². The highest BCUT2D eigenvalue weighted by Gasteiger charge is 2.36. The summed E-state index contributed by atoms with van der Waals surface area (Å²) in [4.78, 5) is 2.61. The summed E-state index contributed by atoms with van der Waals surface area (Å²) < 4.78 is 11.3. The first kappa shape index (κ1) is 14.7. The van der Waals surface area contributed by atoms with E-state index in [1.54, 1.807) is 14.2 Å². The number of nitrogens with one attached hydrogen (secondary N) is 1. The van der Waals surface area contributed by atoms with Gasteiger partial charge in [-0.05, 0) is 30.9 Å². The molecule has 1 saturated carbocycles. The Kier molecular flexibility index (Phi) is 4.66. The molecule has 0 radical (unpaired) electrons. The maximum Gasteiger partial charge on any atom is 0.127 e. The van der Waals surface area contributed by atoms with E-state index in [1.165, 1.54) is 24.8 Å². The number of piperazine rings is 1. The third kappa shape index (κ3) is 2.87. The largest absolute Gasteiger partial charge is 0.496 e. The molecule has 1 aliphatic carbocycles. The summed E-state index contributed by atoms with van der Waals surface area (Å²) in [5, 5.41) is 3.45. The van der Waals surface area contributed by atoms with Crippen LogP contribution >= 0.6 is 0 Å². The second-order valence-corrected chi connectivity index (χ2v) is 6.00. The summed E-state index contributed by atoms with van der Waals surface area (Å²) in [5.41, 5.74) is 1.24. The van der Waals surface area contributed by atoms with Gasteiger partial charge in [0.15, 0.2) is 0 Å². The SMILES string of the molecule is COc1cccc(OC)c1[C@@H](C1CCC1)N1CCNCC1. The Morgan fingerprint density at radius 1 is 1.10 bits per heavy atom. The smallest absolute Gasteiger partial charge is 0.127 e. The lowest BCUT2D eigenvalue weighted by atomic mass is 9.75. The van der Waals surface area contributed by atoms with Crippen LogP contribution in [0.1, 0.15) is 30.9 Å². The molecule has 21 heavy (non-hydrogen) atoms. The first-order valence-electron chi connectivity index (χ1n) is 8.01. The van der Waals surface area contributed by atoms with Crippen LogP contribution in [0.2, 0.25) is 0 Å². The van der Waals surface area contributed by atoms with Crippen molar-refractivity contribution in [1.29, 1.82) is 0 Å². The van der Waals surface area contributed by atoms with Gasteiger partial charge in [-0.2, -0.15) is 0 Å². The Bertz CT molecular complexity index is 446. The summed E-state index contributed by atoms with van der Waals surface area (Å²) in [6.45, 7) is 4.34. The molecule has 1 aromatic rings. The van der Waals surface area contributed by atoms with Crippen LogP contribution < -0.4 is 14.8 Å². The van der Waals surface area contributed by atoms with Gasteiger partial charge in [0.05, 0.1) is 19.8 Å². The van der Waals surface area contributed by atoms with Gasteiger partial charge >= 0.3 is 0 Å². The number of benzene rings is 1. The van der Waals surface area contributed by atoms with E-state index >= 15 is 0 Å². The summed E-state index contributed by atoms with van der Waals surface area (Å²) >= 11 is 0. The van der Waals surface area contributed by atoms with Crippen molar-refractivity contribution in [3.8, 4) is 11.5 Å². The van der Waals surface area contributed by atoms with Crippen LogP contribution in [0.25, 0.3) is 0 Å². The third-order valence-electron chi connectivity index (χ3n) is 4.90. The molecule has 0 spiro atoms.